The van der Waals surface area contributed by atoms with Crippen molar-refractivity contribution in [1.29, 1.82) is 0 Å². The van der Waals surface area contributed by atoms with Crippen LogP contribution < -0.4 is 16.0 Å². The minimum Gasteiger partial charge on any atom is -0.373 e. The first-order chi connectivity index (χ1) is 8.86. The van der Waals surface area contributed by atoms with E-state index in [0.717, 1.165) is 11.6 Å². The Morgan fingerprint density at radius 2 is 1.89 bits per heavy atom. The van der Waals surface area contributed by atoms with E-state index in [1.807, 2.05) is 14.0 Å². The standard InChI is InChI=1S/C13H23N5O/c1-6-15-11(19)8-16-10-7-9(14-5)17-12(18-10)13(2,3)4/h7H,6,8H2,1-5H3,(H,15,19)(H2,14,16,17,18). The maximum absolute atomic E-state index is 11.4. The molecule has 0 spiro atoms. The number of nitrogens with one attached hydrogen (secondary N) is 3. The average molecular weight is 265 g/mol. The molecule has 0 aliphatic carbocycles. The predicted molar refractivity (Wildman–Crippen MR) is 77.5 cm³/mol. The van der Waals surface area contributed by atoms with E-state index in [2.05, 4.69) is 46.7 Å². The average Bonchev–Trinajstić information content (AvgIpc) is 2.35. The molecule has 0 radical (unpaired) electrons. The van der Waals surface area contributed by atoms with Crippen LogP contribution in [0.1, 0.15) is 33.5 Å². The summed E-state index contributed by atoms with van der Waals surface area (Å²) in [4.78, 5) is 20.3. The summed E-state index contributed by atoms with van der Waals surface area (Å²) >= 11 is 0. The van der Waals surface area contributed by atoms with E-state index in [1.54, 1.807) is 6.07 Å². The van der Waals surface area contributed by atoms with Crippen molar-refractivity contribution in [3.05, 3.63) is 11.9 Å². The Morgan fingerprint density at radius 1 is 1.26 bits per heavy atom. The van der Waals surface area contributed by atoms with Gasteiger partial charge in [-0.15, -0.1) is 0 Å². The Morgan fingerprint density at radius 3 is 2.42 bits per heavy atom. The van der Waals surface area contributed by atoms with Gasteiger partial charge in [0.1, 0.15) is 17.5 Å². The summed E-state index contributed by atoms with van der Waals surface area (Å²) in [5.74, 6) is 2.07. The first-order valence-electron chi connectivity index (χ1n) is 6.44. The molecule has 0 bridgehead atoms. The molecule has 1 heterocycles. The van der Waals surface area contributed by atoms with Crippen molar-refractivity contribution in [2.24, 2.45) is 0 Å². The fraction of sp³-hybridized carbons (Fsp3) is 0.615. The second kappa shape index (κ2) is 6.36. The lowest BCUT2D eigenvalue weighted by molar-refractivity contribution is -0.119. The van der Waals surface area contributed by atoms with Gasteiger partial charge in [0, 0.05) is 25.1 Å². The fourth-order valence-electron chi connectivity index (χ4n) is 1.43. The SMILES string of the molecule is CCNC(=O)CNc1cc(NC)nc(C(C)(C)C)n1. The van der Waals surface area contributed by atoms with E-state index in [4.69, 9.17) is 0 Å². The molecule has 6 nitrogen and oxygen atoms in total. The maximum atomic E-state index is 11.4. The number of hydrogen-bond acceptors (Lipinski definition) is 5. The summed E-state index contributed by atoms with van der Waals surface area (Å²) in [7, 11) is 1.81. The molecule has 0 atom stereocenters. The van der Waals surface area contributed by atoms with Gasteiger partial charge < -0.3 is 16.0 Å². The van der Waals surface area contributed by atoms with E-state index in [1.165, 1.54) is 0 Å². The summed E-state index contributed by atoms with van der Waals surface area (Å²) in [5.41, 5.74) is -0.144. The van der Waals surface area contributed by atoms with Gasteiger partial charge in [-0.1, -0.05) is 20.8 Å². The summed E-state index contributed by atoms with van der Waals surface area (Å²) in [6.45, 7) is 8.87. The molecule has 1 rings (SSSR count). The van der Waals surface area contributed by atoms with Gasteiger partial charge in [0.25, 0.3) is 0 Å². The van der Waals surface area contributed by atoms with E-state index in [9.17, 15) is 4.79 Å². The molecule has 0 saturated carbocycles. The van der Waals surface area contributed by atoms with Crippen molar-refractivity contribution in [2.45, 2.75) is 33.1 Å². The monoisotopic (exact) mass is 265 g/mol. The molecule has 19 heavy (non-hydrogen) atoms. The molecular formula is C13H23N5O. The van der Waals surface area contributed by atoms with Crippen LogP contribution >= 0.6 is 0 Å². The molecule has 1 aromatic heterocycles. The van der Waals surface area contributed by atoms with Crippen LogP contribution in [0.2, 0.25) is 0 Å². The lowest BCUT2D eigenvalue weighted by Gasteiger charge is -2.18. The largest absolute Gasteiger partial charge is 0.373 e. The maximum Gasteiger partial charge on any atom is 0.239 e. The molecule has 0 aromatic carbocycles. The van der Waals surface area contributed by atoms with Crippen LogP contribution in [0, 0.1) is 0 Å². The Balaban J connectivity index is 2.86. The molecule has 1 aromatic rings. The van der Waals surface area contributed by atoms with Gasteiger partial charge in [0.05, 0.1) is 6.54 Å². The zero-order chi connectivity index (χ0) is 14.5. The van der Waals surface area contributed by atoms with Crippen LogP contribution in [0.4, 0.5) is 11.6 Å². The lowest BCUT2D eigenvalue weighted by atomic mass is 9.96. The minimum absolute atomic E-state index is 0.0515. The Bertz CT molecular complexity index is 439. The van der Waals surface area contributed by atoms with Gasteiger partial charge in [-0.25, -0.2) is 9.97 Å². The van der Waals surface area contributed by atoms with Gasteiger partial charge in [0.2, 0.25) is 5.91 Å². The third kappa shape index (κ3) is 4.73. The van der Waals surface area contributed by atoms with Gasteiger partial charge in [0.15, 0.2) is 0 Å². The van der Waals surface area contributed by atoms with Crippen LogP contribution in [0.3, 0.4) is 0 Å². The summed E-state index contributed by atoms with van der Waals surface area (Å²) in [5, 5.41) is 8.74. The highest BCUT2D eigenvalue weighted by atomic mass is 16.1. The lowest BCUT2D eigenvalue weighted by Crippen LogP contribution is -2.30. The number of nitrogens with zero attached hydrogens (tertiary/aromatic N) is 2. The number of carbonyl (C=O) groups is 1. The van der Waals surface area contributed by atoms with Gasteiger partial charge >= 0.3 is 0 Å². The molecular weight excluding hydrogens is 242 g/mol. The van der Waals surface area contributed by atoms with Gasteiger partial charge in [-0.2, -0.15) is 0 Å². The molecule has 0 aliphatic heterocycles. The second-order valence-electron chi connectivity index (χ2n) is 5.27. The fourth-order valence-corrected chi connectivity index (χ4v) is 1.43. The van der Waals surface area contributed by atoms with Crippen molar-refractivity contribution in [1.82, 2.24) is 15.3 Å². The van der Waals surface area contributed by atoms with Crippen LogP contribution in [0.25, 0.3) is 0 Å². The highest BCUT2D eigenvalue weighted by Crippen LogP contribution is 2.21. The molecule has 0 saturated heterocycles. The summed E-state index contributed by atoms with van der Waals surface area (Å²) in [6, 6.07) is 1.79. The van der Waals surface area contributed by atoms with Gasteiger partial charge in [-0.3, -0.25) is 4.79 Å². The van der Waals surface area contributed by atoms with E-state index in [0.29, 0.717) is 12.4 Å². The number of aromatic nitrogens is 2. The van der Waals surface area contributed by atoms with Crippen LogP contribution in [0.15, 0.2) is 6.07 Å². The second-order valence-corrected chi connectivity index (χ2v) is 5.27. The van der Waals surface area contributed by atoms with Crippen molar-refractivity contribution in [3.8, 4) is 0 Å². The number of carbonyl (C=O) groups excluding carboxylic acids is 1. The number of anilines is 2. The molecule has 0 unspecified atom stereocenters. The number of likely N-dealkylation sites (N-methyl/N-ethyl adjacent to an activating group) is 1. The van der Waals surface area contributed by atoms with Crippen LogP contribution in [-0.2, 0) is 10.2 Å². The van der Waals surface area contributed by atoms with Crippen molar-refractivity contribution < 1.29 is 4.79 Å². The highest BCUT2D eigenvalue weighted by Gasteiger charge is 2.19. The summed E-state index contributed by atoms with van der Waals surface area (Å²) in [6.07, 6.45) is 0. The highest BCUT2D eigenvalue weighted by molar-refractivity contribution is 5.80. The first-order valence-corrected chi connectivity index (χ1v) is 6.44. The Hall–Kier alpha value is -1.85. The zero-order valence-corrected chi connectivity index (χ0v) is 12.3. The Kier molecular flexibility index (Phi) is 5.09. The molecule has 0 fully saturated rings. The van der Waals surface area contributed by atoms with E-state index >= 15 is 0 Å². The minimum atomic E-state index is -0.144. The van der Waals surface area contributed by atoms with Crippen LogP contribution in [0.5, 0.6) is 0 Å². The van der Waals surface area contributed by atoms with E-state index < -0.39 is 0 Å². The zero-order valence-electron chi connectivity index (χ0n) is 12.3. The third-order valence-corrected chi connectivity index (χ3v) is 2.46. The van der Waals surface area contributed by atoms with Crippen molar-refractivity contribution in [3.63, 3.8) is 0 Å². The van der Waals surface area contributed by atoms with Crippen LogP contribution in [-0.4, -0.2) is 36.0 Å². The third-order valence-electron chi connectivity index (χ3n) is 2.46. The summed E-state index contributed by atoms with van der Waals surface area (Å²) < 4.78 is 0. The number of hydrogen-bond donors (Lipinski definition) is 3. The van der Waals surface area contributed by atoms with Crippen molar-refractivity contribution >= 4 is 17.5 Å². The smallest absolute Gasteiger partial charge is 0.239 e. The quantitative estimate of drug-likeness (QED) is 0.749. The predicted octanol–water partition coefficient (Wildman–Crippen LogP) is 1.36. The molecule has 1 amide bonds. The van der Waals surface area contributed by atoms with E-state index in [-0.39, 0.29) is 17.9 Å². The first kappa shape index (κ1) is 15.2. The molecule has 6 heteroatoms. The topological polar surface area (TPSA) is 78.9 Å². The molecule has 0 aliphatic rings. The normalized spacial score (nSPS) is 11.0. The Labute approximate surface area is 114 Å². The molecule has 3 N–H and O–H groups in total. The number of rotatable bonds is 5. The van der Waals surface area contributed by atoms with Crippen molar-refractivity contribution in [2.75, 3.05) is 30.8 Å². The number of amides is 1. The molecule has 106 valence electrons. The van der Waals surface area contributed by atoms with Gasteiger partial charge in [-0.05, 0) is 6.92 Å².